The van der Waals surface area contributed by atoms with Crippen LogP contribution >= 0.6 is 0 Å². The number of carbonyl (C=O) groups is 1. The van der Waals surface area contributed by atoms with Crippen molar-refractivity contribution in [3.63, 3.8) is 0 Å². The molecule has 0 saturated carbocycles. The van der Waals surface area contributed by atoms with Gasteiger partial charge in [-0.25, -0.2) is 4.98 Å². The maximum atomic E-state index is 13.2. The monoisotopic (exact) mass is 424 g/mol. The van der Waals surface area contributed by atoms with Crippen LogP contribution in [-0.4, -0.2) is 25.1 Å². The number of ether oxygens (including phenoxy) is 2. The minimum Gasteiger partial charge on any atom is -0.496 e. The van der Waals surface area contributed by atoms with Gasteiger partial charge in [0, 0.05) is 5.56 Å². The predicted octanol–water partition coefficient (Wildman–Crippen LogP) is 5.92. The van der Waals surface area contributed by atoms with Crippen LogP contribution in [0.1, 0.15) is 10.4 Å². The van der Waals surface area contributed by atoms with E-state index >= 15 is 0 Å². The van der Waals surface area contributed by atoms with E-state index in [0.29, 0.717) is 34.2 Å². The minimum atomic E-state index is -0.305. The molecule has 1 aromatic heterocycles. The van der Waals surface area contributed by atoms with Crippen LogP contribution in [-0.2, 0) is 0 Å². The summed E-state index contributed by atoms with van der Waals surface area (Å²) >= 11 is 0. The molecule has 5 rings (SSSR count). The smallest absolute Gasteiger partial charge is 0.259 e. The molecular formula is C26H20N2O4. The predicted molar refractivity (Wildman–Crippen MR) is 124 cm³/mol. The van der Waals surface area contributed by atoms with Crippen LogP contribution in [0.15, 0.2) is 83.3 Å². The van der Waals surface area contributed by atoms with E-state index in [0.717, 1.165) is 21.9 Å². The number of methoxy groups -OCH3 is 2. The third-order valence-corrected chi connectivity index (χ3v) is 5.30. The number of hydrogen-bond acceptors (Lipinski definition) is 5. The van der Waals surface area contributed by atoms with E-state index in [9.17, 15) is 4.79 Å². The van der Waals surface area contributed by atoms with Crippen LogP contribution in [0, 0.1) is 0 Å². The van der Waals surface area contributed by atoms with Crippen molar-refractivity contribution in [2.45, 2.75) is 0 Å². The van der Waals surface area contributed by atoms with Gasteiger partial charge >= 0.3 is 0 Å². The van der Waals surface area contributed by atoms with Gasteiger partial charge < -0.3 is 19.2 Å². The maximum Gasteiger partial charge on any atom is 0.259 e. The highest BCUT2D eigenvalue weighted by Gasteiger charge is 2.17. The van der Waals surface area contributed by atoms with Crippen LogP contribution in [0.5, 0.6) is 11.5 Å². The van der Waals surface area contributed by atoms with Crippen molar-refractivity contribution in [2.24, 2.45) is 0 Å². The van der Waals surface area contributed by atoms with E-state index in [1.54, 1.807) is 26.4 Å². The molecule has 0 unspecified atom stereocenters. The summed E-state index contributed by atoms with van der Waals surface area (Å²) in [4.78, 5) is 17.7. The minimum absolute atomic E-state index is 0.305. The Labute approximate surface area is 184 Å². The SMILES string of the molecule is COc1ccc(-c2nc3ccccc3o2)cc1NC(=O)c1cc2ccccc2cc1OC. The molecule has 32 heavy (non-hydrogen) atoms. The molecule has 0 atom stereocenters. The first-order valence-corrected chi connectivity index (χ1v) is 10.1. The van der Waals surface area contributed by atoms with Gasteiger partial charge in [0.1, 0.15) is 17.0 Å². The zero-order valence-corrected chi connectivity index (χ0v) is 17.6. The fourth-order valence-electron chi connectivity index (χ4n) is 3.69. The van der Waals surface area contributed by atoms with E-state index in [1.165, 1.54) is 0 Å². The summed E-state index contributed by atoms with van der Waals surface area (Å²) in [6.45, 7) is 0. The molecule has 0 saturated heterocycles. The molecule has 6 nitrogen and oxygen atoms in total. The Bertz CT molecular complexity index is 1420. The van der Waals surface area contributed by atoms with Gasteiger partial charge in [-0.1, -0.05) is 36.4 Å². The largest absolute Gasteiger partial charge is 0.496 e. The van der Waals surface area contributed by atoms with Crippen LogP contribution in [0.25, 0.3) is 33.3 Å². The average molecular weight is 424 g/mol. The van der Waals surface area contributed by atoms with Gasteiger partial charge in [-0.05, 0) is 53.2 Å². The molecule has 5 aromatic rings. The summed E-state index contributed by atoms with van der Waals surface area (Å²) in [5, 5.41) is 4.89. The van der Waals surface area contributed by atoms with E-state index < -0.39 is 0 Å². The summed E-state index contributed by atoms with van der Waals surface area (Å²) < 4.78 is 16.8. The Morgan fingerprint density at radius 2 is 1.56 bits per heavy atom. The molecule has 0 spiro atoms. The Balaban J connectivity index is 1.52. The fraction of sp³-hybridized carbons (Fsp3) is 0.0769. The van der Waals surface area contributed by atoms with Crippen LogP contribution in [0.4, 0.5) is 5.69 Å². The fourth-order valence-corrected chi connectivity index (χ4v) is 3.69. The first-order chi connectivity index (χ1) is 15.7. The molecule has 0 radical (unpaired) electrons. The number of para-hydroxylation sites is 2. The molecule has 0 fully saturated rings. The number of amides is 1. The lowest BCUT2D eigenvalue weighted by molar-refractivity contribution is 0.102. The molecule has 4 aromatic carbocycles. The van der Waals surface area contributed by atoms with Gasteiger partial charge in [-0.3, -0.25) is 4.79 Å². The molecule has 1 N–H and O–H groups in total. The number of nitrogens with zero attached hydrogens (tertiary/aromatic N) is 1. The first-order valence-electron chi connectivity index (χ1n) is 10.1. The number of benzene rings is 4. The highest BCUT2D eigenvalue weighted by molar-refractivity contribution is 6.09. The second-order valence-corrected chi connectivity index (χ2v) is 7.26. The summed E-state index contributed by atoms with van der Waals surface area (Å²) in [5.74, 6) is 1.18. The topological polar surface area (TPSA) is 73.6 Å². The maximum absolute atomic E-state index is 13.2. The lowest BCUT2D eigenvalue weighted by atomic mass is 10.0. The Kier molecular flexibility index (Phi) is 4.95. The molecule has 6 heteroatoms. The van der Waals surface area contributed by atoms with Gasteiger partial charge in [0.2, 0.25) is 5.89 Å². The van der Waals surface area contributed by atoms with Crippen molar-refractivity contribution < 1.29 is 18.7 Å². The van der Waals surface area contributed by atoms with Crippen molar-refractivity contribution in [3.8, 4) is 23.0 Å². The Hall–Kier alpha value is -4.32. The zero-order chi connectivity index (χ0) is 22.1. The number of anilines is 1. The van der Waals surface area contributed by atoms with E-state index in [2.05, 4.69) is 10.3 Å². The molecular weight excluding hydrogens is 404 g/mol. The summed E-state index contributed by atoms with van der Waals surface area (Å²) in [7, 11) is 3.11. The van der Waals surface area contributed by atoms with Crippen LogP contribution in [0.3, 0.4) is 0 Å². The summed E-state index contributed by atoms with van der Waals surface area (Å²) in [6.07, 6.45) is 0. The van der Waals surface area contributed by atoms with Gasteiger partial charge in [-0.15, -0.1) is 0 Å². The quantitative estimate of drug-likeness (QED) is 0.379. The number of rotatable bonds is 5. The van der Waals surface area contributed by atoms with Gasteiger partial charge in [0.15, 0.2) is 5.58 Å². The molecule has 158 valence electrons. The van der Waals surface area contributed by atoms with Crippen LogP contribution in [0.2, 0.25) is 0 Å². The molecule has 0 aliphatic heterocycles. The number of oxazole rings is 1. The molecule has 0 aliphatic carbocycles. The number of hydrogen-bond donors (Lipinski definition) is 1. The summed E-state index contributed by atoms with van der Waals surface area (Å²) in [5.41, 5.74) is 3.13. The third-order valence-electron chi connectivity index (χ3n) is 5.30. The third kappa shape index (κ3) is 3.52. The first kappa shape index (κ1) is 19.6. The van der Waals surface area contributed by atoms with Gasteiger partial charge in [0.25, 0.3) is 5.91 Å². The van der Waals surface area contributed by atoms with Crippen molar-refractivity contribution in [1.82, 2.24) is 4.98 Å². The average Bonchev–Trinajstić information content (AvgIpc) is 3.27. The number of nitrogens with one attached hydrogen (secondary N) is 1. The van der Waals surface area contributed by atoms with Gasteiger partial charge in [-0.2, -0.15) is 0 Å². The second kappa shape index (κ2) is 8.07. The number of fused-ring (bicyclic) bond motifs is 2. The van der Waals surface area contributed by atoms with Crippen LogP contribution < -0.4 is 14.8 Å². The number of carbonyl (C=O) groups excluding carboxylic acids is 1. The van der Waals surface area contributed by atoms with Gasteiger partial charge in [0.05, 0.1) is 25.5 Å². The lowest BCUT2D eigenvalue weighted by Gasteiger charge is -2.14. The van der Waals surface area contributed by atoms with Crippen molar-refractivity contribution >= 4 is 33.5 Å². The normalized spacial score (nSPS) is 10.9. The van der Waals surface area contributed by atoms with Crippen molar-refractivity contribution in [2.75, 3.05) is 19.5 Å². The standard InChI is InChI=1S/C26H20N2O4/c1-30-22-12-11-18(26-28-20-9-5-6-10-23(20)32-26)14-21(22)27-25(29)19-13-16-7-3-4-8-17(16)15-24(19)31-2/h3-15H,1-2H3,(H,27,29). The second-order valence-electron chi connectivity index (χ2n) is 7.26. The molecule has 0 bridgehead atoms. The van der Waals surface area contributed by atoms with E-state index in [1.807, 2.05) is 66.7 Å². The summed E-state index contributed by atoms with van der Waals surface area (Å²) in [6, 6.07) is 24.5. The highest BCUT2D eigenvalue weighted by atomic mass is 16.5. The molecule has 1 amide bonds. The van der Waals surface area contributed by atoms with Crippen molar-refractivity contribution in [3.05, 3.63) is 84.4 Å². The van der Waals surface area contributed by atoms with E-state index in [4.69, 9.17) is 13.9 Å². The highest BCUT2D eigenvalue weighted by Crippen LogP contribution is 2.33. The Morgan fingerprint density at radius 1 is 0.844 bits per heavy atom. The molecule has 0 aliphatic rings. The number of aromatic nitrogens is 1. The van der Waals surface area contributed by atoms with Crippen molar-refractivity contribution in [1.29, 1.82) is 0 Å². The Morgan fingerprint density at radius 3 is 2.31 bits per heavy atom. The molecule has 1 heterocycles. The van der Waals surface area contributed by atoms with E-state index in [-0.39, 0.29) is 5.91 Å². The zero-order valence-electron chi connectivity index (χ0n) is 17.6. The lowest BCUT2D eigenvalue weighted by Crippen LogP contribution is -2.14.